The lowest BCUT2D eigenvalue weighted by Crippen LogP contribution is -2.32. The Morgan fingerprint density at radius 3 is 2.39 bits per heavy atom. The number of nitrogens with one attached hydrogen (secondary N) is 2. The van der Waals surface area contributed by atoms with Gasteiger partial charge in [0.2, 0.25) is 11.7 Å². The quantitative estimate of drug-likeness (QED) is 0.495. The van der Waals surface area contributed by atoms with Crippen molar-refractivity contribution in [3.8, 4) is 17.2 Å². The van der Waals surface area contributed by atoms with Crippen LogP contribution in [0, 0.1) is 5.92 Å². The molecular formula is C24H29N3O4. The summed E-state index contributed by atoms with van der Waals surface area (Å²) >= 11 is 0. The fourth-order valence-electron chi connectivity index (χ4n) is 3.41. The van der Waals surface area contributed by atoms with E-state index in [-0.39, 0.29) is 17.9 Å². The van der Waals surface area contributed by atoms with E-state index < -0.39 is 0 Å². The molecular weight excluding hydrogens is 394 g/mol. The number of aromatic amines is 1. The van der Waals surface area contributed by atoms with E-state index in [4.69, 9.17) is 14.2 Å². The van der Waals surface area contributed by atoms with Gasteiger partial charge in [-0.1, -0.05) is 32.4 Å². The highest BCUT2D eigenvalue weighted by molar-refractivity contribution is 5.92. The van der Waals surface area contributed by atoms with Crippen LogP contribution in [0.4, 0.5) is 0 Å². The fourth-order valence-corrected chi connectivity index (χ4v) is 3.41. The molecule has 3 rings (SSSR count). The van der Waals surface area contributed by atoms with Gasteiger partial charge in [0.1, 0.15) is 5.82 Å². The lowest BCUT2D eigenvalue weighted by atomic mass is 9.98. The van der Waals surface area contributed by atoms with Crippen LogP contribution in [-0.2, 0) is 4.79 Å². The van der Waals surface area contributed by atoms with Gasteiger partial charge < -0.3 is 24.5 Å². The summed E-state index contributed by atoms with van der Waals surface area (Å²) in [6.07, 6.45) is 4.11. The summed E-state index contributed by atoms with van der Waals surface area (Å²) in [5.41, 5.74) is 2.59. The maximum atomic E-state index is 12.7. The van der Waals surface area contributed by atoms with Gasteiger partial charge in [0.05, 0.1) is 38.4 Å². The van der Waals surface area contributed by atoms with Crippen molar-refractivity contribution in [2.45, 2.75) is 26.3 Å². The lowest BCUT2D eigenvalue weighted by molar-refractivity contribution is -0.117. The average Bonchev–Trinajstić information content (AvgIpc) is 3.23. The lowest BCUT2D eigenvalue weighted by Gasteiger charge is -2.21. The minimum atomic E-state index is -0.227. The van der Waals surface area contributed by atoms with E-state index in [2.05, 4.69) is 29.1 Å². The Kier molecular flexibility index (Phi) is 7.18. The van der Waals surface area contributed by atoms with E-state index in [9.17, 15) is 4.79 Å². The SMILES string of the molecule is CCC(C)C(NC(=O)C=Cc1cc(OC)c(OC)c(OC)c1)c1nc2ccccc2[nH]1. The van der Waals surface area contributed by atoms with E-state index in [1.165, 1.54) is 6.08 Å². The number of H-pyrrole nitrogens is 1. The van der Waals surface area contributed by atoms with Crippen molar-refractivity contribution in [3.05, 3.63) is 53.9 Å². The van der Waals surface area contributed by atoms with Crippen molar-refractivity contribution in [1.29, 1.82) is 0 Å². The molecule has 3 aromatic rings. The first-order valence-electron chi connectivity index (χ1n) is 10.2. The van der Waals surface area contributed by atoms with Gasteiger partial charge in [-0.05, 0) is 41.8 Å². The molecule has 1 amide bonds. The number of imidazole rings is 1. The standard InChI is InChI=1S/C24H29N3O4/c1-6-15(2)22(24-25-17-9-7-8-10-18(17)26-24)27-21(28)12-11-16-13-19(29-3)23(31-5)20(14-16)30-4/h7-15,22H,6H2,1-5H3,(H,25,26)(H,27,28). The van der Waals surface area contributed by atoms with E-state index in [1.54, 1.807) is 39.5 Å². The van der Waals surface area contributed by atoms with Gasteiger partial charge in [0.15, 0.2) is 11.5 Å². The van der Waals surface area contributed by atoms with Crippen LogP contribution in [0.1, 0.15) is 37.7 Å². The number of hydrogen-bond donors (Lipinski definition) is 2. The largest absolute Gasteiger partial charge is 0.493 e. The Morgan fingerprint density at radius 2 is 1.81 bits per heavy atom. The number of carbonyl (C=O) groups excluding carboxylic acids is 1. The molecule has 0 saturated heterocycles. The molecule has 0 aliphatic rings. The third-order valence-electron chi connectivity index (χ3n) is 5.33. The Bertz CT molecular complexity index is 1020. The molecule has 0 bridgehead atoms. The van der Waals surface area contributed by atoms with E-state index in [0.29, 0.717) is 17.2 Å². The molecule has 1 heterocycles. The minimum absolute atomic E-state index is 0.207. The third kappa shape index (κ3) is 4.99. The molecule has 31 heavy (non-hydrogen) atoms. The maximum Gasteiger partial charge on any atom is 0.244 e. The number of aromatic nitrogens is 2. The van der Waals surface area contributed by atoms with Gasteiger partial charge in [-0.2, -0.15) is 0 Å². The molecule has 2 unspecified atom stereocenters. The number of rotatable bonds is 9. The number of ether oxygens (including phenoxy) is 3. The van der Waals surface area contributed by atoms with E-state index >= 15 is 0 Å². The second-order valence-electron chi connectivity index (χ2n) is 7.30. The second kappa shape index (κ2) is 10.0. The molecule has 0 aliphatic heterocycles. The molecule has 0 saturated carbocycles. The topological polar surface area (TPSA) is 85.5 Å². The zero-order valence-corrected chi connectivity index (χ0v) is 18.6. The van der Waals surface area contributed by atoms with E-state index in [0.717, 1.165) is 28.8 Å². The highest BCUT2D eigenvalue weighted by atomic mass is 16.5. The van der Waals surface area contributed by atoms with Crippen molar-refractivity contribution in [3.63, 3.8) is 0 Å². The molecule has 0 fully saturated rings. The van der Waals surface area contributed by atoms with Crippen LogP contribution < -0.4 is 19.5 Å². The first-order valence-corrected chi connectivity index (χ1v) is 10.2. The Morgan fingerprint density at radius 1 is 1.13 bits per heavy atom. The van der Waals surface area contributed by atoms with Gasteiger partial charge in [0, 0.05) is 6.08 Å². The number of carbonyl (C=O) groups is 1. The van der Waals surface area contributed by atoms with Crippen molar-refractivity contribution in [1.82, 2.24) is 15.3 Å². The molecule has 164 valence electrons. The molecule has 0 radical (unpaired) electrons. The number of methoxy groups -OCH3 is 3. The van der Waals surface area contributed by atoms with E-state index in [1.807, 2.05) is 24.3 Å². The number of amides is 1. The van der Waals surface area contributed by atoms with Crippen molar-refractivity contribution >= 4 is 23.0 Å². The third-order valence-corrected chi connectivity index (χ3v) is 5.33. The molecule has 2 N–H and O–H groups in total. The van der Waals surface area contributed by atoms with Crippen LogP contribution in [0.15, 0.2) is 42.5 Å². The number of hydrogen-bond acceptors (Lipinski definition) is 5. The van der Waals surface area contributed by atoms with Gasteiger partial charge in [0.25, 0.3) is 0 Å². The molecule has 7 heteroatoms. The fraction of sp³-hybridized carbons (Fsp3) is 0.333. The molecule has 1 aromatic heterocycles. The molecule has 7 nitrogen and oxygen atoms in total. The van der Waals surface area contributed by atoms with Crippen LogP contribution in [0.3, 0.4) is 0 Å². The summed E-state index contributed by atoms with van der Waals surface area (Å²) in [6.45, 7) is 4.19. The average molecular weight is 424 g/mol. The summed E-state index contributed by atoms with van der Waals surface area (Å²) in [7, 11) is 4.67. The van der Waals surface area contributed by atoms with Crippen LogP contribution >= 0.6 is 0 Å². The smallest absolute Gasteiger partial charge is 0.244 e. The Hall–Kier alpha value is -3.48. The molecule has 2 aromatic carbocycles. The van der Waals surface area contributed by atoms with Crippen LogP contribution in [0.25, 0.3) is 17.1 Å². The molecule has 0 spiro atoms. The molecule has 0 aliphatic carbocycles. The predicted octanol–water partition coefficient (Wildman–Crippen LogP) is 4.51. The first-order chi connectivity index (χ1) is 15.0. The highest BCUT2D eigenvalue weighted by Gasteiger charge is 2.23. The number of nitrogens with zero attached hydrogens (tertiary/aromatic N) is 1. The van der Waals surface area contributed by atoms with Gasteiger partial charge in [-0.15, -0.1) is 0 Å². The second-order valence-corrected chi connectivity index (χ2v) is 7.30. The first kappa shape index (κ1) is 22.2. The number of para-hydroxylation sites is 2. The number of benzene rings is 2. The summed E-state index contributed by atoms with van der Waals surface area (Å²) in [6, 6.07) is 11.2. The minimum Gasteiger partial charge on any atom is -0.493 e. The van der Waals surface area contributed by atoms with Crippen molar-refractivity contribution in [2.24, 2.45) is 5.92 Å². The Labute approximate surface area is 182 Å². The highest BCUT2D eigenvalue weighted by Crippen LogP contribution is 2.38. The van der Waals surface area contributed by atoms with Crippen LogP contribution in [-0.4, -0.2) is 37.2 Å². The van der Waals surface area contributed by atoms with Crippen molar-refractivity contribution < 1.29 is 19.0 Å². The van der Waals surface area contributed by atoms with Crippen molar-refractivity contribution in [2.75, 3.05) is 21.3 Å². The summed E-state index contributed by atoms with van der Waals surface area (Å²) < 4.78 is 16.1. The predicted molar refractivity (Wildman–Crippen MR) is 122 cm³/mol. The summed E-state index contributed by atoms with van der Waals surface area (Å²) in [5.74, 6) is 2.32. The van der Waals surface area contributed by atoms with Crippen LogP contribution in [0.2, 0.25) is 0 Å². The monoisotopic (exact) mass is 423 g/mol. The van der Waals surface area contributed by atoms with Crippen LogP contribution in [0.5, 0.6) is 17.2 Å². The maximum absolute atomic E-state index is 12.7. The zero-order valence-electron chi connectivity index (χ0n) is 18.6. The molecule has 2 atom stereocenters. The Balaban J connectivity index is 1.82. The van der Waals surface area contributed by atoms with Gasteiger partial charge in [-0.25, -0.2) is 4.98 Å². The van der Waals surface area contributed by atoms with Gasteiger partial charge in [-0.3, -0.25) is 4.79 Å². The zero-order chi connectivity index (χ0) is 22.4. The number of fused-ring (bicyclic) bond motifs is 1. The summed E-state index contributed by atoms with van der Waals surface area (Å²) in [5, 5.41) is 3.09. The van der Waals surface area contributed by atoms with Gasteiger partial charge >= 0.3 is 0 Å². The normalized spacial score (nSPS) is 13.2. The summed E-state index contributed by atoms with van der Waals surface area (Å²) in [4.78, 5) is 20.8.